The van der Waals surface area contributed by atoms with Crippen molar-refractivity contribution in [2.24, 2.45) is 0 Å². The Labute approximate surface area is 131 Å². The number of rotatable bonds is 3. The van der Waals surface area contributed by atoms with Crippen LogP contribution in [0.2, 0.25) is 0 Å². The highest BCUT2D eigenvalue weighted by molar-refractivity contribution is 9.10. The van der Waals surface area contributed by atoms with E-state index in [-0.39, 0.29) is 23.8 Å². The van der Waals surface area contributed by atoms with Crippen molar-refractivity contribution in [3.05, 3.63) is 28.2 Å². The zero-order valence-corrected chi connectivity index (χ0v) is 13.2. The van der Waals surface area contributed by atoms with Gasteiger partial charge < -0.3 is 20.1 Å². The minimum Gasteiger partial charge on any atom is -0.507 e. The van der Waals surface area contributed by atoms with Crippen molar-refractivity contribution in [3.8, 4) is 5.75 Å². The molecule has 1 aromatic carbocycles. The molecule has 0 spiro atoms. The summed E-state index contributed by atoms with van der Waals surface area (Å²) in [6, 6.07) is 3.96. The number of nitrogens with one attached hydrogen (secondary N) is 1. The first-order valence-electron chi connectivity index (χ1n) is 6.71. The van der Waals surface area contributed by atoms with Gasteiger partial charge in [0.15, 0.2) is 0 Å². The molecular weight excluding hydrogens is 340 g/mol. The van der Waals surface area contributed by atoms with E-state index in [1.807, 2.05) is 0 Å². The highest BCUT2D eigenvalue weighted by atomic mass is 79.9. The summed E-state index contributed by atoms with van der Waals surface area (Å²) in [5.41, 5.74) is 0.167. The molecule has 0 saturated carbocycles. The SMILES string of the molecule is CCOC(=O)C1CNCCN1C(=O)c1cc(Br)ccc1O. The van der Waals surface area contributed by atoms with Gasteiger partial charge in [0, 0.05) is 24.1 Å². The molecule has 1 fully saturated rings. The molecule has 6 nitrogen and oxygen atoms in total. The predicted octanol–water partition coefficient (Wildman–Crippen LogP) is 1.13. The summed E-state index contributed by atoms with van der Waals surface area (Å²) < 4.78 is 5.69. The number of halogens is 1. The van der Waals surface area contributed by atoms with Gasteiger partial charge in [-0.3, -0.25) is 4.79 Å². The number of hydrogen-bond donors (Lipinski definition) is 2. The largest absolute Gasteiger partial charge is 0.507 e. The number of hydrogen-bond acceptors (Lipinski definition) is 5. The molecule has 21 heavy (non-hydrogen) atoms. The molecular formula is C14H17BrN2O4. The Balaban J connectivity index is 2.26. The zero-order valence-electron chi connectivity index (χ0n) is 11.6. The Bertz CT molecular complexity index is 550. The maximum Gasteiger partial charge on any atom is 0.330 e. The normalized spacial score (nSPS) is 18.4. The first-order chi connectivity index (χ1) is 10.0. The van der Waals surface area contributed by atoms with Gasteiger partial charge in [-0.15, -0.1) is 0 Å². The van der Waals surface area contributed by atoms with E-state index in [4.69, 9.17) is 4.74 Å². The summed E-state index contributed by atoms with van der Waals surface area (Å²) in [5, 5.41) is 12.9. The van der Waals surface area contributed by atoms with Gasteiger partial charge in [0.25, 0.3) is 5.91 Å². The predicted molar refractivity (Wildman–Crippen MR) is 80.1 cm³/mol. The minimum atomic E-state index is -0.676. The lowest BCUT2D eigenvalue weighted by Crippen LogP contribution is -2.57. The minimum absolute atomic E-state index is 0.107. The van der Waals surface area contributed by atoms with E-state index in [0.29, 0.717) is 24.1 Å². The zero-order chi connectivity index (χ0) is 15.4. The molecule has 2 N–H and O–H groups in total. The van der Waals surface area contributed by atoms with Crippen LogP contribution in [0.5, 0.6) is 5.75 Å². The third-order valence-corrected chi connectivity index (χ3v) is 3.75. The second-order valence-corrected chi connectivity index (χ2v) is 5.55. The number of phenolic OH excluding ortho intramolecular Hbond substituents is 1. The number of esters is 1. The topological polar surface area (TPSA) is 78.9 Å². The van der Waals surface area contributed by atoms with Crippen LogP contribution in [0.1, 0.15) is 17.3 Å². The van der Waals surface area contributed by atoms with Crippen molar-refractivity contribution in [3.63, 3.8) is 0 Å². The summed E-state index contributed by atoms with van der Waals surface area (Å²) in [4.78, 5) is 26.0. The standard InChI is InChI=1S/C14H17BrN2O4/c1-2-21-14(20)11-8-16-5-6-17(11)13(19)10-7-9(15)3-4-12(10)18/h3-4,7,11,16,18H,2,5-6,8H2,1H3. The molecule has 7 heteroatoms. The number of phenols is 1. The fourth-order valence-electron chi connectivity index (χ4n) is 2.23. The van der Waals surface area contributed by atoms with Crippen molar-refractivity contribution in [1.82, 2.24) is 10.2 Å². The lowest BCUT2D eigenvalue weighted by Gasteiger charge is -2.34. The molecule has 1 unspecified atom stereocenters. The smallest absolute Gasteiger partial charge is 0.330 e. The highest BCUT2D eigenvalue weighted by Gasteiger charge is 2.34. The van der Waals surface area contributed by atoms with Crippen molar-refractivity contribution in [2.45, 2.75) is 13.0 Å². The van der Waals surface area contributed by atoms with Crippen molar-refractivity contribution < 1.29 is 19.4 Å². The first kappa shape index (κ1) is 15.8. The lowest BCUT2D eigenvalue weighted by molar-refractivity contribution is -0.149. The number of aromatic hydroxyl groups is 1. The number of carbonyl (C=O) groups is 2. The van der Waals surface area contributed by atoms with Crippen LogP contribution < -0.4 is 5.32 Å². The monoisotopic (exact) mass is 356 g/mol. The number of nitrogens with zero attached hydrogens (tertiary/aromatic N) is 1. The van der Waals surface area contributed by atoms with Gasteiger partial charge >= 0.3 is 5.97 Å². The number of carbonyl (C=O) groups excluding carboxylic acids is 2. The van der Waals surface area contributed by atoms with Crippen molar-refractivity contribution in [2.75, 3.05) is 26.2 Å². The van der Waals surface area contributed by atoms with Gasteiger partial charge in [-0.05, 0) is 25.1 Å². The van der Waals surface area contributed by atoms with Crippen LogP contribution in [0.4, 0.5) is 0 Å². The van der Waals surface area contributed by atoms with Crippen LogP contribution in [0.3, 0.4) is 0 Å². The van der Waals surface area contributed by atoms with Gasteiger partial charge in [-0.25, -0.2) is 4.79 Å². The van der Waals surface area contributed by atoms with Gasteiger partial charge in [0.05, 0.1) is 12.2 Å². The fraction of sp³-hybridized carbons (Fsp3) is 0.429. The maximum absolute atomic E-state index is 12.6. The van der Waals surface area contributed by atoms with E-state index >= 15 is 0 Å². The molecule has 0 aromatic heterocycles. The Kier molecular flexibility index (Phi) is 5.19. The Hall–Kier alpha value is -1.60. The van der Waals surface area contributed by atoms with E-state index in [9.17, 15) is 14.7 Å². The summed E-state index contributed by atoms with van der Waals surface area (Å²) in [5.74, 6) is -0.926. The van der Waals surface area contributed by atoms with Gasteiger partial charge in [0.2, 0.25) is 0 Å². The second-order valence-electron chi connectivity index (χ2n) is 4.63. The van der Waals surface area contributed by atoms with E-state index in [1.165, 1.54) is 11.0 Å². The Morgan fingerprint density at radius 1 is 1.52 bits per heavy atom. The third-order valence-electron chi connectivity index (χ3n) is 3.25. The average molecular weight is 357 g/mol. The van der Waals surface area contributed by atoms with E-state index < -0.39 is 12.0 Å². The Morgan fingerprint density at radius 3 is 3.00 bits per heavy atom. The molecule has 0 radical (unpaired) electrons. The third kappa shape index (κ3) is 3.54. The Morgan fingerprint density at radius 2 is 2.29 bits per heavy atom. The summed E-state index contributed by atoms with van der Waals surface area (Å²) in [6.45, 7) is 3.31. The van der Waals surface area contributed by atoms with Crippen LogP contribution in [0.25, 0.3) is 0 Å². The van der Waals surface area contributed by atoms with Crippen molar-refractivity contribution in [1.29, 1.82) is 0 Å². The molecule has 2 rings (SSSR count). The molecule has 1 saturated heterocycles. The average Bonchev–Trinajstić information content (AvgIpc) is 2.49. The quantitative estimate of drug-likeness (QED) is 0.793. The fourth-order valence-corrected chi connectivity index (χ4v) is 2.59. The van der Waals surface area contributed by atoms with E-state index in [1.54, 1.807) is 19.1 Å². The van der Waals surface area contributed by atoms with Crippen LogP contribution in [-0.2, 0) is 9.53 Å². The summed E-state index contributed by atoms with van der Waals surface area (Å²) in [7, 11) is 0. The summed E-state index contributed by atoms with van der Waals surface area (Å²) >= 11 is 3.27. The molecule has 0 aliphatic carbocycles. The number of ether oxygens (including phenoxy) is 1. The molecule has 114 valence electrons. The van der Waals surface area contributed by atoms with Crippen LogP contribution >= 0.6 is 15.9 Å². The second kappa shape index (κ2) is 6.91. The maximum atomic E-state index is 12.6. The summed E-state index contributed by atoms with van der Waals surface area (Å²) in [6.07, 6.45) is 0. The molecule has 1 atom stereocenters. The molecule has 1 aromatic rings. The number of piperazine rings is 1. The van der Waals surface area contributed by atoms with Gasteiger partial charge in [-0.1, -0.05) is 15.9 Å². The molecule has 1 aliphatic rings. The lowest BCUT2D eigenvalue weighted by atomic mass is 10.1. The van der Waals surface area contributed by atoms with Crippen LogP contribution in [-0.4, -0.2) is 54.2 Å². The molecule has 1 aliphatic heterocycles. The van der Waals surface area contributed by atoms with E-state index in [2.05, 4.69) is 21.2 Å². The van der Waals surface area contributed by atoms with Crippen LogP contribution in [0.15, 0.2) is 22.7 Å². The van der Waals surface area contributed by atoms with Gasteiger partial charge in [-0.2, -0.15) is 0 Å². The molecule has 0 bridgehead atoms. The van der Waals surface area contributed by atoms with Crippen molar-refractivity contribution >= 4 is 27.8 Å². The molecule has 1 heterocycles. The van der Waals surface area contributed by atoms with Crippen LogP contribution in [0, 0.1) is 0 Å². The highest BCUT2D eigenvalue weighted by Crippen LogP contribution is 2.24. The van der Waals surface area contributed by atoms with Gasteiger partial charge in [0.1, 0.15) is 11.8 Å². The molecule has 1 amide bonds. The van der Waals surface area contributed by atoms with E-state index in [0.717, 1.165) is 0 Å². The number of benzene rings is 1. The number of amides is 1. The first-order valence-corrected chi connectivity index (χ1v) is 7.50.